The van der Waals surface area contributed by atoms with Crippen molar-refractivity contribution in [2.45, 2.75) is 58.0 Å². The molecule has 0 aliphatic heterocycles. The van der Waals surface area contributed by atoms with Gasteiger partial charge in [-0.2, -0.15) is 0 Å². The van der Waals surface area contributed by atoms with Gasteiger partial charge in [0.25, 0.3) is 0 Å². The van der Waals surface area contributed by atoms with Crippen LogP contribution in [0.2, 0.25) is 0 Å². The number of benzene rings is 1. The Hall–Kier alpha value is -1.15. The largest absolute Gasteiger partial charge is 0.367 e. The lowest BCUT2D eigenvalue weighted by Crippen LogP contribution is -2.44. The van der Waals surface area contributed by atoms with Gasteiger partial charge in [0.15, 0.2) is 5.78 Å². The SMILES string of the molecule is CCOC1(C(=O)Cc2ccc(C)cc2)CCCCC1. The van der Waals surface area contributed by atoms with E-state index in [-0.39, 0.29) is 5.78 Å². The molecule has 0 radical (unpaired) electrons. The van der Waals surface area contributed by atoms with Crippen LogP contribution in [0.4, 0.5) is 0 Å². The minimum absolute atomic E-state index is 0.262. The van der Waals surface area contributed by atoms with Crippen LogP contribution in [-0.4, -0.2) is 18.0 Å². The first-order valence-electron chi connectivity index (χ1n) is 7.39. The zero-order chi connectivity index (χ0) is 13.7. The van der Waals surface area contributed by atoms with Gasteiger partial charge in [-0.05, 0) is 32.3 Å². The van der Waals surface area contributed by atoms with Crippen molar-refractivity contribution in [3.8, 4) is 0 Å². The van der Waals surface area contributed by atoms with Crippen molar-refractivity contribution < 1.29 is 9.53 Å². The Labute approximate surface area is 116 Å². The maximum Gasteiger partial charge on any atom is 0.168 e. The van der Waals surface area contributed by atoms with E-state index in [1.165, 1.54) is 12.0 Å². The van der Waals surface area contributed by atoms with E-state index in [2.05, 4.69) is 31.2 Å². The van der Waals surface area contributed by atoms with Crippen LogP contribution in [0.15, 0.2) is 24.3 Å². The molecule has 0 N–H and O–H groups in total. The Morgan fingerprint density at radius 2 is 1.79 bits per heavy atom. The summed E-state index contributed by atoms with van der Waals surface area (Å²) in [6, 6.07) is 8.24. The van der Waals surface area contributed by atoms with Crippen LogP contribution < -0.4 is 0 Å². The number of rotatable bonds is 5. The van der Waals surface area contributed by atoms with Crippen LogP contribution >= 0.6 is 0 Å². The van der Waals surface area contributed by atoms with Crippen LogP contribution in [0.1, 0.15) is 50.2 Å². The molecule has 0 amide bonds. The molecule has 2 rings (SSSR count). The first-order valence-corrected chi connectivity index (χ1v) is 7.39. The van der Waals surface area contributed by atoms with E-state index in [1.807, 2.05) is 6.92 Å². The molecule has 0 bridgehead atoms. The highest BCUT2D eigenvalue weighted by Crippen LogP contribution is 2.33. The lowest BCUT2D eigenvalue weighted by atomic mass is 9.79. The van der Waals surface area contributed by atoms with Crippen LogP contribution in [0.3, 0.4) is 0 Å². The molecule has 1 aromatic carbocycles. The van der Waals surface area contributed by atoms with Crippen LogP contribution in [0.5, 0.6) is 0 Å². The lowest BCUT2D eigenvalue weighted by molar-refractivity contribution is -0.148. The van der Waals surface area contributed by atoms with Gasteiger partial charge in [-0.15, -0.1) is 0 Å². The number of hydrogen-bond donors (Lipinski definition) is 0. The summed E-state index contributed by atoms with van der Waals surface area (Å²) in [6.07, 6.45) is 5.74. The van der Waals surface area contributed by atoms with E-state index < -0.39 is 5.60 Å². The Balaban J connectivity index is 2.09. The van der Waals surface area contributed by atoms with Crippen LogP contribution in [0, 0.1) is 6.92 Å². The minimum Gasteiger partial charge on any atom is -0.367 e. The molecule has 1 saturated carbocycles. The summed E-state index contributed by atoms with van der Waals surface area (Å²) < 4.78 is 5.88. The minimum atomic E-state index is -0.502. The third-order valence-corrected chi connectivity index (χ3v) is 4.08. The van der Waals surface area contributed by atoms with Crippen molar-refractivity contribution in [3.05, 3.63) is 35.4 Å². The molecule has 0 atom stereocenters. The number of ketones is 1. The normalized spacial score (nSPS) is 18.2. The molecule has 0 spiro atoms. The first kappa shape index (κ1) is 14.3. The highest BCUT2D eigenvalue weighted by molar-refractivity contribution is 5.89. The monoisotopic (exact) mass is 260 g/mol. The van der Waals surface area contributed by atoms with Crippen molar-refractivity contribution in [2.24, 2.45) is 0 Å². The zero-order valence-electron chi connectivity index (χ0n) is 12.1. The fourth-order valence-electron chi connectivity index (χ4n) is 2.96. The van der Waals surface area contributed by atoms with Crippen molar-refractivity contribution >= 4 is 5.78 Å². The summed E-state index contributed by atoms with van der Waals surface area (Å²) in [6.45, 7) is 4.67. The van der Waals surface area contributed by atoms with Gasteiger partial charge in [-0.1, -0.05) is 49.1 Å². The topological polar surface area (TPSA) is 26.3 Å². The fourth-order valence-corrected chi connectivity index (χ4v) is 2.96. The third kappa shape index (κ3) is 3.44. The summed E-state index contributed by atoms with van der Waals surface area (Å²) in [7, 11) is 0. The van der Waals surface area contributed by atoms with E-state index >= 15 is 0 Å². The summed E-state index contributed by atoms with van der Waals surface area (Å²) >= 11 is 0. The molecule has 0 unspecified atom stereocenters. The molecule has 104 valence electrons. The van der Waals surface area contributed by atoms with E-state index in [1.54, 1.807) is 0 Å². The highest BCUT2D eigenvalue weighted by atomic mass is 16.5. The number of hydrogen-bond acceptors (Lipinski definition) is 2. The fraction of sp³-hybridized carbons (Fsp3) is 0.588. The zero-order valence-corrected chi connectivity index (χ0v) is 12.1. The van der Waals surface area contributed by atoms with Gasteiger partial charge in [-0.25, -0.2) is 0 Å². The quantitative estimate of drug-likeness (QED) is 0.804. The standard InChI is InChI=1S/C17H24O2/c1-3-19-17(11-5-4-6-12-17)16(18)13-15-9-7-14(2)8-10-15/h7-10H,3-6,11-13H2,1-2H3. The molecule has 1 aromatic rings. The number of ether oxygens (including phenoxy) is 1. The molecular weight excluding hydrogens is 236 g/mol. The molecule has 19 heavy (non-hydrogen) atoms. The smallest absolute Gasteiger partial charge is 0.168 e. The Bertz CT molecular complexity index is 408. The van der Waals surface area contributed by atoms with Crippen LogP contribution in [0.25, 0.3) is 0 Å². The van der Waals surface area contributed by atoms with Gasteiger partial charge in [0, 0.05) is 13.0 Å². The number of aryl methyl sites for hydroxylation is 1. The molecule has 0 aromatic heterocycles. The van der Waals surface area contributed by atoms with Gasteiger partial charge in [0.05, 0.1) is 0 Å². The molecule has 1 fully saturated rings. The predicted molar refractivity (Wildman–Crippen MR) is 77.3 cm³/mol. The first-order chi connectivity index (χ1) is 9.16. The summed E-state index contributed by atoms with van der Waals surface area (Å²) in [5.41, 5.74) is 1.83. The Morgan fingerprint density at radius 1 is 1.16 bits per heavy atom. The number of carbonyl (C=O) groups excluding carboxylic acids is 1. The summed E-state index contributed by atoms with van der Waals surface area (Å²) in [4.78, 5) is 12.6. The van der Waals surface area contributed by atoms with Gasteiger partial charge < -0.3 is 4.74 Å². The van der Waals surface area contributed by atoms with E-state index in [0.29, 0.717) is 13.0 Å². The summed E-state index contributed by atoms with van der Waals surface area (Å²) in [5, 5.41) is 0. The predicted octanol–water partition coefficient (Wildman–Crippen LogP) is 3.85. The van der Waals surface area contributed by atoms with Gasteiger partial charge in [0.1, 0.15) is 5.60 Å². The van der Waals surface area contributed by atoms with Crippen molar-refractivity contribution in [2.75, 3.05) is 6.61 Å². The Kier molecular flexibility index (Phi) is 4.76. The average Bonchev–Trinajstić information content (AvgIpc) is 2.43. The molecule has 1 aliphatic rings. The number of Topliss-reactive ketones (excluding diaryl/α,β-unsaturated/α-hetero) is 1. The van der Waals surface area contributed by atoms with Gasteiger partial charge >= 0.3 is 0 Å². The highest BCUT2D eigenvalue weighted by Gasteiger charge is 2.39. The van der Waals surface area contributed by atoms with Gasteiger partial charge in [-0.3, -0.25) is 4.79 Å². The third-order valence-electron chi connectivity index (χ3n) is 4.08. The van der Waals surface area contributed by atoms with E-state index in [9.17, 15) is 4.79 Å². The van der Waals surface area contributed by atoms with E-state index in [0.717, 1.165) is 31.2 Å². The molecule has 2 nitrogen and oxygen atoms in total. The van der Waals surface area contributed by atoms with Crippen molar-refractivity contribution in [3.63, 3.8) is 0 Å². The second kappa shape index (κ2) is 6.33. The second-order valence-corrected chi connectivity index (χ2v) is 5.57. The Morgan fingerprint density at radius 3 is 2.37 bits per heavy atom. The van der Waals surface area contributed by atoms with E-state index in [4.69, 9.17) is 4.74 Å². The summed E-state index contributed by atoms with van der Waals surface area (Å²) in [5.74, 6) is 0.262. The van der Waals surface area contributed by atoms with Crippen molar-refractivity contribution in [1.29, 1.82) is 0 Å². The molecule has 2 heteroatoms. The molecule has 0 heterocycles. The maximum absolute atomic E-state index is 12.6. The van der Waals surface area contributed by atoms with Gasteiger partial charge in [0.2, 0.25) is 0 Å². The average molecular weight is 260 g/mol. The van der Waals surface area contributed by atoms with Crippen molar-refractivity contribution in [1.82, 2.24) is 0 Å². The number of carbonyl (C=O) groups is 1. The second-order valence-electron chi connectivity index (χ2n) is 5.57. The lowest BCUT2D eigenvalue weighted by Gasteiger charge is -2.35. The maximum atomic E-state index is 12.6. The molecular formula is C17H24O2. The van der Waals surface area contributed by atoms with Crippen LogP contribution in [-0.2, 0) is 16.0 Å². The molecule has 1 aliphatic carbocycles. The molecule has 0 saturated heterocycles.